The molecule has 1 rings (SSSR count). The van der Waals surface area contributed by atoms with Crippen molar-refractivity contribution in [2.75, 3.05) is 26.4 Å². The second-order valence-corrected chi connectivity index (χ2v) is 7.38. The van der Waals surface area contributed by atoms with Crippen LogP contribution in [0.5, 0.6) is 0 Å². The van der Waals surface area contributed by atoms with E-state index in [-0.39, 0.29) is 50.9 Å². The van der Waals surface area contributed by atoms with Crippen molar-refractivity contribution in [2.24, 2.45) is 11.8 Å². The van der Waals surface area contributed by atoms with Gasteiger partial charge in [-0.3, -0.25) is 14.4 Å². The standard InChI is InChI=1S/C19H34N2O5.2H2/c1-13(2)17(22)5-8-25-9-6-18(23)21-16-11-15(12-16)19(24)20-7-10-26-14(3)4;;/h13-16H,5-12H2,1-4H3,(H,20,24)(H,21,23);2*1H. The summed E-state index contributed by atoms with van der Waals surface area (Å²) >= 11 is 0. The van der Waals surface area contributed by atoms with Crippen LogP contribution in [0.4, 0.5) is 0 Å². The number of carbonyl (C=O) groups is 3. The normalized spacial score (nSPS) is 19.3. The maximum absolute atomic E-state index is 11.9. The first-order chi connectivity index (χ1) is 12.3. The van der Waals surface area contributed by atoms with E-state index in [2.05, 4.69) is 10.6 Å². The summed E-state index contributed by atoms with van der Waals surface area (Å²) in [4.78, 5) is 35.2. The number of hydrogen-bond donors (Lipinski definition) is 2. The van der Waals surface area contributed by atoms with Gasteiger partial charge in [-0.05, 0) is 26.7 Å². The van der Waals surface area contributed by atoms with E-state index in [1.165, 1.54) is 0 Å². The van der Waals surface area contributed by atoms with Gasteiger partial charge in [0.25, 0.3) is 0 Å². The van der Waals surface area contributed by atoms with Gasteiger partial charge >= 0.3 is 0 Å². The van der Waals surface area contributed by atoms with Gasteiger partial charge in [-0.15, -0.1) is 0 Å². The fraction of sp³-hybridized carbons (Fsp3) is 0.842. The fourth-order valence-corrected chi connectivity index (χ4v) is 2.59. The fourth-order valence-electron chi connectivity index (χ4n) is 2.59. The number of nitrogens with one attached hydrogen (secondary N) is 2. The number of ether oxygens (including phenoxy) is 2. The summed E-state index contributed by atoms with van der Waals surface area (Å²) in [6.07, 6.45) is 2.17. The Balaban J connectivity index is 0. The Hall–Kier alpha value is -1.47. The number of Topliss-reactive ketones (excluding diaryl/α,β-unsaturated/α-hetero) is 1. The second kappa shape index (κ2) is 12.0. The Morgan fingerprint density at radius 1 is 1.04 bits per heavy atom. The predicted octanol–water partition coefficient (Wildman–Crippen LogP) is 1.94. The molecule has 0 radical (unpaired) electrons. The van der Waals surface area contributed by atoms with Crippen LogP contribution in [0.15, 0.2) is 0 Å². The molecule has 0 saturated heterocycles. The van der Waals surface area contributed by atoms with Crippen LogP contribution in [0.25, 0.3) is 0 Å². The van der Waals surface area contributed by atoms with E-state index in [4.69, 9.17) is 9.47 Å². The third-order valence-corrected chi connectivity index (χ3v) is 4.34. The van der Waals surface area contributed by atoms with Crippen LogP contribution in [0.3, 0.4) is 0 Å². The van der Waals surface area contributed by atoms with Gasteiger partial charge < -0.3 is 20.1 Å². The van der Waals surface area contributed by atoms with Crippen molar-refractivity contribution in [2.45, 2.75) is 65.5 Å². The topological polar surface area (TPSA) is 93.7 Å². The molecule has 7 heteroatoms. The van der Waals surface area contributed by atoms with Gasteiger partial charge in [0, 0.05) is 40.1 Å². The van der Waals surface area contributed by atoms with Gasteiger partial charge in [0.2, 0.25) is 11.8 Å². The van der Waals surface area contributed by atoms with Gasteiger partial charge in [-0.25, -0.2) is 0 Å². The highest BCUT2D eigenvalue weighted by molar-refractivity contribution is 5.81. The van der Waals surface area contributed by atoms with E-state index in [0.717, 1.165) is 0 Å². The summed E-state index contributed by atoms with van der Waals surface area (Å²) in [5.41, 5.74) is 0. The zero-order valence-electron chi connectivity index (χ0n) is 16.5. The molecule has 1 aliphatic carbocycles. The average molecular weight is 375 g/mol. The quantitative estimate of drug-likeness (QED) is 0.481. The molecule has 1 saturated carbocycles. The number of ketones is 1. The van der Waals surface area contributed by atoms with Crippen LogP contribution < -0.4 is 10.6 Å². The molecule has 0 aromatic rings. The Morgan fingerprint density at radius 2 is 1.69 bits per heavy atom. The lowest BCUT2D eigenvalue weighted by molar-refractivity contribution is -0.131. The molecule has 0 unspecified atom stereocenters. The Labute approximate surface area is 159 Å². The van der Waals surface area contributed by atoms with Gasteiger partial charge in [-0.1, -0.05) is 13.8 Å². The third-order valence-electron chi connectivity index (χ3n) is 4.34. The maximum Gasteiger partial charge on any atom is 0.223 e. The minimum absolute atomic E-state index is 0. The van der Waals surface area contributed by atoms with Crippen LogP contribution in [-0.4, -0.2) is 56.1 Å². The molecule has 0 aromatic carbocycles. The first kappa shape index (κ1) is 22.6. The lowest BCUT2D eigenvalue weighted by atomic mass is 9.79. The second-order valence-electron chi connectivity index (χ2n) is 7.38. The average Bonchev–Trinajstić information content (AvgIpc) is 2.53. The molecule has 0 spiro atoms. The van der Waals surface area contributed by atoms with Gasteiger partial charge in [0.05, 0.1) is 25.9 Å². The minimum atomic E-state index is -0.0747. The molecule has 2 amide bonds. The minimum Gasteiger partial charge on any atom is -0.380 e. The molecule has 26 heavy (non-hydrogen) atoms. The Kier molecular flexibility index (Phi) is 10.4. The molecule has 0 atom stereocenters. The highest BCUT2D eigenvalue weighted by atomic mass is 16.5. The SMILES string of the molecule is CC(C)OCCNC(=O)C1CC(NC(=O)CCOCCC(=O)C(C)C)C1.[HH].[HH]. The first-order valence-corrected chi connectivity index (χ1v) is 9.58. The predicted molar refractivity (Wildman–Crippen MR) is 103 cm³/mol. The van der Waals surface area contributed by atoms with Crippen LogP contribution in [0.1, 0.15) is 56.2 Å². The van der Waals surface area contributed by atoms with E-state index in [1.807, 2.05) is 27.7 Å². The maximum atomic E-state index is 11.9. The highest BCUT2D eigenvalue weighted by Crippen LogP contribution is 2.27. The summed E-state index contributed by atoms with van der Waals surface area (Å²) in [5.74, 6) is 0.116. The first-order valence-electron chi connectivity index (χ1n) is 9.58. The summed E-state index contributed by atoms with van der Waals surface area (Å²) in [7, 11) is 0. The van der Waals surface area contributed by atoms with Crippen LogP contribution in [0, 0.1) is 11.8 Å². The molecule has 0 aromatic heterocycles. The van der Waals surface area contributed by atoms with E-state index < -0.39 is 0 Å². The van der Waals surface area contributed by atoms with Gasteiger partial charge in [0.15, 0.2) is 0 Å². The zero-order valence-corrected chi connectivity index (χ0v) is 16.5. The molecule has 0 aliphatic heterocycles. The highest BCUT2D eigenvalue weighted by Gasteiger charge is 2.35. The molecule has 1 fully saturated rings. The third kappa shape index (κ3) is 9.29. The van der Waals surface area contributed by atoms with Crippen molar-refractivity contribution in [3.8, 4) is 0 Å². The van der Waals surface area contributed by atoms with Crippen molar-refractivity contribution < 1.29 is 26.7 Å². The Morgan fingerprint density at radius 3 is 2.31 bits per heavy atom. The number of carbonyl (C=O) groups excluding carboxylic acids is 3. The van der Waals surface area contributed by atoms with Crippen molar-refractivity contribution in [3.05, 3.63) is 0 Å². The smallest absolute Gasteiger partial charge is 0.223 e. The molecular weight excluding hydrogens is 336 g/mol. The molecular formula is C19H38N2O5. The number of hydrogen-bond acceptors (Lipinski definition) is 5. The van der Waals surface area contributed by atoms with Crippen LogP contribution in [-0.2, 0) is 23.9 Å². The van der Waals surface area contributed by atoms with E-state index in [1.54, 1.807) is 0 Å². The Bertz CT molecular complexity index is 469. The van der Waals surface area contributed by atoms with Crippen LogP contribution >= 0.6 is 0 Å². The van der Waals surface area contributed by atoms with Crippen LogP contribution in [0.2, 0.25) is 0 Å². The van der Waals surface area contributed by atoms with Gasteiger partial charge in [0.1, 0.15) is 5.78 Å². The summed E-state index contributed by atoms with van der Waals surface area (Å²) in [5, 5.41) is 5.77. The molecule has 2 N–H and O–H groups in total. The molecule has 0 heterocycles. The lowest BCUT2D eigenvalue weighted by Crippen LogP contribution is -2.49. The summed E-state index contributed by atoms with van der Waals surface area (Å²) in [6.45, 7) is 9.33. The largest absolute Gasteiger partial charge is 0.380 e. The summed E-state index contributed by atoms with van der Waals surface area (Å²) in [6, 6.07) is 0.0627. The molecule has 7 nitrogen and oxygen atoms in total. The molecule has 0 bridgehead atoms. The lowest BCUT2D eigenvalue weighted by Gasteiger charge is -2.34. The van der Waals surface area contributed by atoms with Gasteiger partial charge in [-0.2, -0.15) is 0 Å². The van der Waals surface area contributed by atoms with Crippen molar-refractivity contribution >= 4 is 17.6 Å². The summed E-state index contributed by atoms with van der Waals surface area (Å²) < 4.78 is 10.7. The monoisotopic (exact) mass is 374 g/mol. The van der Waals surface area contributed by atoms with Crippen molar-refractivity contribution in [1.82, 2.24) is 10.6 Å². The van der Waals surface area contributed by atoms with E-state index >= 15 is 0 Å². The van der Waals surface area contributed by atoms with Crippen molar-refractivity contribution in [3.63, 3.8) is 0 Å². The number of rotatable bonds is 13. The molecule has 154 valence electrons. The van der Waals surface area contributed by atoms with E-state index in [0.29, 0.717) is 45.6 Å². The molecule has 1 aliphatic rings. The van der Waals surface area contributed by atoms with Crippen molar-refractivity contribution in [1.29, 1.82) is 0 Å². The zero-order chi connectivity index (χ0) is 19.5. The number of amides is 2. The van der Waals surface area contributed by atoms with E-state index in [9.17, 15) is 14.4 Å².